The largest absolute Gasteiger partial charge is 0.461 e. The number of esters is 1. The number of carbonyl (C=O) groups is 1. The minimum absolute atomic E-state index is 0.309. The van der Waals surface area contributed by atoms with E-state index in [0.717, 1.165) is 47.3 Å². The molecule has 0 atom stereocenters. The van der Waals surface area contributed by atoms with Gasteiger partial charge in [0.2, 0.25) is 0 Å². The van der Waals surface area contributed by atoms with E-state index < -0.39 is 0 Å². The topological polar surface area (TPSA) is 83.3 Å². The quantitative estimate of drug-likeness (QED) is 0.260. The number of hydrogen-bond donors (Lipinski definition) is 1. The van der Waals surface area contributed by atoms with E-state index in [4.69, 9.17) is 31.5 Å². The highest BCUT2D eigenvalue weighted by Gasteiger charge is 2.34. The minimum atomic E-state index is -0.309. The molecule has 0 saturated heterocycles. The molecule has 1 aliphatic rings. The molecule has 1 aliphatic carbocycles. The van der Waals surface area contributed by atoms with Crippen molar-refractivity contribution in [1.29, 1.82) is 0 Å². The summed E-state index contributed by atoms with van der Waals surface area (Å²) < 4.78 is 13.4. The molecule has 2 N–H and O–H groups in total. The Kier molecular flexibility index (Phi) is 5.62. The van der Waals surface area contributed by atoms with Crippen molar-refractivity contribution in [3.8, 4) is 11.3 Å². The molecule has 6 nitrogen and oxygen atoms in total. The normalized spacial score (nSPS) is 13.5. The van der Waals surface area contributed by atoms with Gasteiger partial charge in [-0.3, -0.25) is 0 Å². The van der Waals surface area contributed by atoms with E-state index in [-0.39, 0.29) is 5.97 Å². The maximum absolute atomic E-state index is 12.9. The van der Waals surface area contributed by atoms with Crippen molar-refractivity contribution in [2.75, 3.05) is 12.3 Å². The van der Waals surface area contributed by atoms with Crippen molar-refractivity contribution in [2.24, 2.45) is 0 Å². The number of nitrogens with zero attached hydrogens (tertiary/aromatic N) is 2. The Balaban J connectivity index is 1.57. The van der Waals surface area contributed by atoms with Crippen LogP contribution in [0.1, 0.15) is 60.2 Å². The Morgan fingerprint density at radius 2 is 2.03 bits per heavy atom. The van der Waals surface area contributed by atoms with Gasteiger partial charge in [-0.2, -0.15) is 0 Å². The predicted molar refractivity (Wildman–Crippen MR) is 130 cm³/mol. The number of nitrogen functional groups attached to an aromatic ring is 1. The van der Waals surface area contributed by atoms with Crippen molar-refractivity contribution in [1.82, 2.24) is 9.55 Å². The zero-order valence-corrected chi connectivity index (χ0v) is 19.5. The molecular weight excluding hydrogens is 438 g/mol. The molecule has 4 aromatic rings. The van der Waals surface area contributed by atoms with Gasteiger partial charge in [-0.25, -0.2) is 9.78 Å². The van der Waals surface area contributed by atoms with Crippen molar-refractivity contribution in [3.05, 3.63) is 70.3 Å². The van der Waals surface area contributed by atoms with Crippen LogP contribution >= 0.6 is 11.6 Å². The molecule has 5 rings (SSSR count). The molecule has 0 radical (unpaired) electrons. The van der Waals surface area contributed by atoms with Gasteiger partial charge in [0.05, 0.1) is 17.3 Å². The van der Waals surface area contributed by atoms with Gasteiger partial charge in [0, 0.05) is 35.5 Å². The van der Waals surface area contributed by atoms with Gasteiger partial charge in [0.1, 0.15) is 11.4 Å². The molecule has 0 unspecified atom stereocenters. The number of ether oxygens (including phenoxy) is 1. The standard InChI is InChI=1S/C26H26ClN3O3/c1-3-21-29-23(16-10-11-16)24(26(31)32-4-2)30(21)14-15-9-12-20-18(13-15)22(27)25(33-20)17-7-5-6-8-19(17)28/h5-9,12-13,16H,3-4,10-11,14,28H2,1-2H3. The van der Waals surface area contributed by atoms with Gasteiger partial charge in [0.25, 0.3) is 0 Å². The lowest BCUT2D eigenvalue weighted by atomic mass is 10.1. The number of hydrogen-bond acceptors (Lipinski definition) is 5. The summed E-state index contributed by atoms with van der Waals surface area (Å²) in [6, 6.07) is 13.4. The van der Waals surface area contributed by atoms with Crippen LogP contribution in [0.3, 0.4) is 0 Å². The highest BCUT2D eigenvalue weighted by molar-refractivity contribution is 6.38. The molecular formula is C26H26ClN3O3. The number of rotatable bonds is 7. The fourth-order valence-corrected chi connectivity index (χ4v) is 4.58. The third kappa shape index (κ3) is 3.89. The summed E-state index contributed by atoms with van der Waals surface area (Å²) in [5.74, 6) is 1.48. The second-order valence-corrected chi connectivity index (χ2v) is 8.74. The third-order valence-corrected chi connectivity index (χ3v) is 6.44. The fourth-order valence-electron chi connectivity index (χ4n) is 4.29. The summed E-state index contributed by atoms with van der Waals surface area (Å²) in [5, 5.41) is 1.33. The lowest BCUT2D eigenvalue weighted by Gasteiger charge is -2.12. The third-order valence-electron chi connectivity index (χ3n) is 6.06. The van der Waals surface area contributed by atoms with Gasteiger partial charge in [-0.15, -0.1) is 0 Å². The van der Waals surface area contributed by atoms with E-state index in [9.17, 15) is 4.79 Å². The number of para-hydroxylation sites is 1. The SMILES string of the molecule is CCOC(=O)c1c(C2CC2)nc(CC)n1Cc1ccc2oc(-c3ccccc3N)c(Cl)c2c1. The van der Waals surface area contributed by atoms with Crippen molar-refractivity contribution < 1.29 is 13.9 Å². The second kappa shape index (κ2) is 8.60. The molecule has 0 amide bonds. The lowest BCUT2D eigenvalue weighted by Crippen LogP contribution is -2.16. The number of benzene rings is 2. The van der Waals surface area contributed by atoms with Gasteiger partial charge in [-0.1, -0.05) is 36.7 Å². The van der Waals surface area contributed by atoms with Crippen molar-refractivity contribution >= 4 is 34.2 Å². The zero-order valence-electron chi connectivity index (χ0n) is 18.7. The van der Waals surface area contributed by atoms with E-state index in [1.807, 2.05) is 54.0 Å². The van der Waals surface area contributed by atoms with Gasteiger partial charge >= 0.3 is 5.97 Å². The average Bonchev–Trinajstić information content (AvgIpc) is 3.52. The van der Waals surface area contributed by atoms with Gasteiger partial charge in [-0.05, 0) is 49.6 Å². The Hall–Kier alpha value is -3.25. The first kappa shape index (κ1) is 21.6. The van der Waals surface area contributed by atoms with E-state index in [1.54, 1.807) is 0 Å². The molecule has 2 heterocycles. The summed E-state index contributed by atoms with van der Waals surface area (Å²) in [4.78, 5) is 17.7. The highest BCUT2D eigenvalue weighted by atomic mass is 35.5. The average molecular weight is 464 g/mol. The van der Waals surface area contributed by atoms with Crippen LogP contribution in [-0.4, -0.2) is 22.1 Å². The molecule has 1 saturated carbocycles. The van der Waals surface area contributed by atoms with E-state index >= 15 is 0 Å². The van der Waals surface area contributed by atoms with Crippen LogP contribution < -0.4 is 5.73 Å². The first-order valence-corrected chi connectivity index (χ1v) is 11.7. The number of anilines is 1. The van der Waals surface area contributed by atoms with Crippen LogP contribution in [0.4, 0.5) is 5.69 Å². The molecule has 0 bridgehead atoms. The molecule has 1 fully saturated rings. The molecule has 0 aliphatic heterocycles. The molecule has 2 aromatic heterocycles. The monoisotopic (exact) mass is 463 g/mol. The van der Waals surface area contributed by atoms with Crippen LogP contribution in [0.5, 0.6) is 0 Å². The van der Waals surface area contributed by atoms with Crippen LogP contribution in [0.15, 0.2) is 46.9 Å². The van der Waals surface area contributed by atoms with Crippen LogP contribution in [0.25, 0.3) is 22.3 Å². The van der Waals surface area contributed by atoms with Crippen molar-refractivity contribution in [3.63, 3.8) is 0 Å². The number of imidazole rings is 1. The zero-order chi connectivity index (χ0) is 23.1. The van der Waals surface area contributed by atoms with E-state index in [2.05, 4.69) is 6.92 Å². The molecule has 7 heteroatoms. The number of carbonyl (C=O) groups excluding carboxylic acids is 1. The molecule has 0 spiro atoms. The first-order valence-electron chi connectivity index (χ1n) is 11.3. The Morgan fingerprint density at radius 1 is 1.24 bits per heavy atom. The summed E-state index contributed by atoms with van der Waals surface area (Å²) in [6.07, 6.45) is 2.86. The smallest absolute Gasteiger partial charge is 0.356 e. The summed E-state index contributed by atoms with van der Waals surface area (Å²) in [7, 11) is 0. The summed E-state index contributed by atoms with van der Waals surface area (Å²) >= 11 is 6.73. The second-order valence-electron chi connectivity index (χ2n) is 8.36. The van der Waals surface area contributed by atoms with Crippen LogP contribution in [0, 0.1) is 0 Å². The number of aryl methyl sites for hydroxylation is 1. The summed E-state index contributed by atoms with van der Waals surface area (Å²) in [5.41, 5.74) is 10.6. The predicted octanol–water partition coefficient (Wildman–Crippen LogP) is 6.20. The molecule has 33 heavy (non-hydrogen) atoms. The maximum atomic E-state index is 12.9. The van der Waals surface area contributed by atoms with Gasteiger partial charge in [0.15, 0.2) is 11.5 Å². The number of aromatic nitrogens is 2. The first-order chi connectivity index (χ1) is 16.0. The minimum Gasteiger partial charge on any atom is -0.461 e. The number of nitrogens with two attached hydrogens (primary N) is 1. The van der Waals surface area contributed by atoms with E-state index in [1.165, 1.54) is 0 Å². The van der Waals surface area contributed by atoms with Crippen molar-refractivity contribution in [2.45, 2.75) is 45.6 Å². The Bertz CT molecular complexity index is 1350. The molecule has 2 aromatic carbocycles. The summed E-state index contributed by atoms with van der Waals surface area (Å²) in [6.45, 7) is 4.70. The van der Waals surface area contributed by atoms with Crippen LogP contribution in [0.2, 0.25) is 5.02 Å². The molecule has 170 valence electrons. The Morgan fingerprint density at radius 3 is 2.73 bits per heavy atom. The maximum Gasteiger partial charge on any atom is 0.356 e. The number of furan rings is 1. The fraction of sp³-hybridized carbons (Fsp3) is 0.308. The number of halogens is 1. The van der Waals surface area contributed by atoms with E-state index in [0.29, 0.717) is 46.8 Å². The lowest BCUT2D eigenvalue weighted by molar-refractivity contribution is 0.0512. The highest BCUT2D eigenvalue weighted by Crippen LogP contribution is 2.42. The van der Waals surface area contributed by atoms with Crippen LogP contribution in [-0.2, 0) is 17.7 Å². The number of fused-ring (bicyclic) bond motifs is 1. The van der Waals surface area contributed by atoms with Gasteiger partial charge < -0.3 is 19.5 Å². The Labute approximate surface area is 197 Å².